The number of nitrogens with zero attached hydrogens (tertiary/aromatic N) is 2. The van der Waals surface area contributed by atoms with Crippen LogP contribution in [0, 0.1) is 5.41 Å². The molecule has 0 aliphatic heterocycles. The number of hydrazine groups is 1. The molecular weight excluding hydrogens is 204 g/mol. The van der Waals surface area contributed by atoms with Crippen LogP contribution in [0.2, 0.25) is 0 Å². The second-order valence-electron chi connectivity index (χ2n) is 4.66. The summed E-state index contributed by atoms with van der Waals surface area (Å²) in [4.78, 5) is 8.02. The normalized spacial score (nSPS) is 17.6. The Labute approximate surface area is 94.8 Å². The molecule has 0 aromatic carbocycles. The summed E-state index contributed by atoms with van der Waals surface area (Å²) < 4.78 is 0. The predicted molar refractivity (Wildman–Crippen MR) is 64.7 cm³/mol. The third-order valence-corrected chi connectivity index (χ3v) is 3.15. The van der Waals surface area contributed by atoms with Crippen LogP contribution in [0.25, 0.3) is 0 Å². The van der Waals surface area contributed by atoms with Crippen molar-refractivity contribution in [1.82, 2.24) is 9.97 Å². The maximum absolute atomic E-state index is 5.56. The number of hydrogen-bond acceptors (Lipinski definition) is 6. The molecule has 1 aliphatic rings. The number of rotatable bonds is 4. The molecular formula is C10H18N6. The molecule has 1 aromatic heterocycles. The molecule has 0 saturated heterocycles. The molecule has 2 rings (SSSR count). The quantitative estimate of drug-likeness (QED) is 0.447. The van der Waals surface area contributed by atoms with E-state index in [2.05, 4.69) is 27.6 Å². The number of nitrogens with one attached hydrogen (secondary N) is 2. The SMILES string of the molecule is CC1(CNc2cc(NN)nc(N)n2)CCC1. The topological polar surface area (TPSA) is 102 Å². The summed E-state index contributed by atoms with van der Waals surface area (Å²) in [6, 6.07) is 1.75. The molecule has 0 amide bonds. The van der Waals surface area contributed by atoms with Crippen molar-refractivity contribution >= 4 is 17.6 Å². The van der Waals surface area contributed by atoms with Gasteiger partial charge in [-0.1, -0.05) is 13.3 Å². The van der Waals surface area contributed by atoms with Crippen molar-refractivity contribution in [2.75, 3.05) is 23.0 Å². The zero-order valence-corrected chi connectivity index (χ0v) is 9.45. The predicted octanol–water partition coefficient (Wildman–Crippen LogP) is 0.946. The highest BCUT2D eigenvalue weighted by atomic mass is 15.3. The van der Waals surface area contributed by atoms with E-state index in [1.807, 2.05) is 0 Å². The fraction of sp³-hybridized carbons (Fsp3) is 0.600. The minimum Gasteiger partial charge on any atom is -0.369 e. The minimum atomic E-state index is 0.219. The van der Waals surface area contributed by atoms with E-state index in [1.54, 1.807) is 6.07 Å². The van der Waals surface area contributed by atoms with Gasteiger partial charge in [-0.05, 0) is 18.3 Å². The zero-order valence-electron chi connectivity index (χ0n) is 9.45. The van der Waals surface area contributed by atoms with E-state index in [0.29, 0.717) is 17.1 Å². The first-order chi connectivity index (χ1) is 7.61. The van der Waals surface area contributed by atoms with Gasteiger partial charge >= 0.3 is 0 Å². The first-order valence-electron chi connectivity index (χ1n) is 5.46. The van der Waals surface area contributed by atoms with Crippen LogP contribution in [0.15, 0.2) is 6.07 Å². The summed E-state index contributed by atoms with van der Waals surface area (Å²) in [5.74, 6) is 6.74. The summed E-state index contributed by atoms with van der Waals surface area (Å²) in [5.41, 5.74) is 8.42. The molecule has 0 unspecified atom stereocenters. The zero-order chi connectivity index (χ0) is 11.6. The Balaban J connectivity index is 2.00. The average Bonchev–Trinajstić information content (AvgIpc) is 2.23. The molecule has 1 fully saturated rings. The third kappa shape index (κ3) is 2.33. The third-order valence-electron chi connectivity index (χ3n) is 3.15. The highest BCUT2D eigenvalue weighted by Crippen LogP contribution is 2.40. The van der Waals surface area contributed by atoms with Crippen LogP contribution in [0.1, 0.15) is 26.2 Å². The lowest BCUT2D eigenvalue weighted by Gasteiger charge is -2.38. The van der Waals surface area contributed by atoms with Gasteiger partial charge in [0.1, 0.15) is 11.6 Å². The standard InChI is InChI=1S/C10H18N6/c1-10(3-2-4-10)6-13-7-5-8(16-12)15-9(11)14-7/h5H,2-4,6,12H2,1H3,(H4,11,13,14,15,16). The largest absolute Gasteiger partial charge is 0.369 e. The lowest BCUT2D eigenvalue weighted by molar-refractivity contribution is 0.180. The summed E-state index contributed by atoms with van der Waals surface area (Å²) in [6.45, 7) is 3.18. The number of aromatic nitrogens is 2. The van der Waals surface area contributed by atoms with E-state index in [1.165, 1.54) is 19.3 Å². The van der Waals surface area contributed by atoms with Crippen LogP contribution in [-0.4, -0.2) is 16.5 Å². The Morgan fingerprint density at radius 2 is 2.06 bits per heavy atom. The lowest BCUT2D eigenvalue weighted by Crippen LogP contribution is -2.33. The Kier molecular flexibility index (Phi) is 2.82. The van der Waals surface area contributed by atoms with Gasteiger partial charge in [-0.3, -0.25) is 0 Å². The molecule has 1 aromatic rings. The molecule has 0 bridgehead atoms. The van der Waals surface area contributed by atoms with Crippen molar-refractivity contribution in [3.63, 3.8) is 0 Å². The average molecular weight is 222 g/mol. The van der Waals surface area contributed by atoms with Gasteiger partial charge in [0.25, 0.3) is 0 Å². The smallest absolute Gasteiger partial charge is 0.223 e. The van der Waals surface area contributed by atoms with E-state index < -0.39 is 0 Å². The van der Waals surface area contributed by atoms with Crippen molar-refractivity contribution in [1.29, 1.82) is 0 Å². The van der Waals surface area contributed by atoms with Gasteiger partial charge in [0.15, 0.2) is 0 Å². The second-order valence-corrected chi connectivity index (χ2v) is 4.66. The van der Waals surface area contributed by atoms with Crippen molar-refractivity contribution < 1.29 is 0 Å². The van der Waals surface area contributed by atoms with Crippen LogP contribution < -0.4 is 22.3 Å². The second kappa shape index (κ2) is 4.13. The van der Waals surface area contributed by atoms with E-state index in [0.717, 1.165) is 6.54 Å². The van der Waals surface area contributed by atoms with Crippen LogP contribution in [-0.2, 0) is 0 Å². The van der Waals surface area contributed by atoms with E-state index >= 15 is 0 Å². The Morgan fingerprint density at radius 1 is 1.38 bits per heavy atom. The Hall–Kier alpha value is -1.56. The van der Waals surface area contributed by atoms with Crippen molar-refractivity contribution in [3.05, 3.63) is 6.07 Å². The molecule has 6 heteroatoms. The monoisotopic (exact) mass is 222 g/mol. The van der Waals surface area contributed by atoms with Gasteiger partial charge in [0.2, 0.25) is 5.95 Å². The van der Waals surface area contributed by atoms with Gasteiger partial charge in [-0.25, -0.2) is 5.84 Å². The highest BCUT2D eigenvalue weighted by molar-refractivity contribution is 5.50. The van der Waals surface area contributed by atoms with Gasteiger partial charge in [0, 0.05) is 12.6 Å². The summed E-state index contributed by atoms with van der Waals surface area (Å²) in [6.07, 6.45) is 3.85. The first kappa shape index (κ1) is 10.9. The van der Waals surface area contributed by atoms with Gasteiger partial charge in [-0.2, -0.15) is 9.97 Å². The molecule has 6 nitrogen and oxygen atoms in total. The van der Waals surface area contributed by atoms with Crippen LogP contribution in [0.5, 0.6) is 0 Å². The van der Waals surface area contributed by atoms with E-state index in [9.17, 15) is 0 Å². The first-order valence-corrected chi connectivity index (χ1v) is 5.46. The minimum absolute atomic E-state index is 0.219. The number of anilines is 3. The fourth-order valence-electron chi connectivity index (χ4n) is 1.89. The molecule has 0 radical (unpaired) electrons. The summed E-state index contributed by atoms with van der Waals surface area (Å²) >= 11 is 0. The van der Waals surface area contributed by atoms with Gasteiger partial charge in [0.05, 0.1) is 0 Å². The Morgan fingerprint density at radius 3 is 2.62 bits per heavy atom. The molecule has 1 heterocycles. The maximum atomic E-state index is 5.56. The van der Waals surface area contributed by atoms with Crippen molar-refractivity contribution in [3.8, 4) is 0 Å². The maximum Gasteiger partial charge on any atom is 0.223 e. The molecule has 0 atom stereocenters. The van der Waals surface area contributed by atoms with Gasteiger partial charge in [-0.15, -0.1) is 0 Å². The number of nitrogens with two attached hydrogens (primary N) is 2. The van der Waals surface area contributed by atoms with Crippen molar-refractivity contribution in [2.45, 2.75) is 26.2 Å². The van der Waals surface area contributed by atoms with Crippen molar-refractivity contribution in [2.24, 2.45) is 11.3 Å². The number of hydrogen-bond donors (Lipinski definition) is 4. The van der Waals surface area contributed by atoms with Gasteiger partial charge < -0.3 is 16.5 Å². The van der Waals surface area contributed by atoms with Crippen LogP contribution in [0.3, 0.4) is 0 Å². The molecule has 16 heavy (non-hydrogen) atoms. The fourth-order valence-corrected chi connectivity index (χ4v) is 1.89. The lowest BCUT2D eigenvalue weighted by atomic mass is 9.70. The Bertz CT molecular complexity index is 374. The summed E-state index contributed by atoms with van der Waals surface area (Å²) in [5, 5.41) is 3.28. The number of nitrogen functional groups attached to an aromatic ring is 2. The summed E-state index contributed by atoms with van der Waals surface area (Å²) in [7, 11) is 0. The van der Waals surface area contributed by atoms with E-state index in [-0.39, 0.29) is 5.95 Å². The molecule has 88 valence electrons. The van der Waals surface area contributed by atoms with Crippen LogP contribution in [0.4, 0.5) is 17.6 Å². The molecule has 1 saturated carbocycles. The van der Waals surface area contributed by atoms with Crippen LogP contribution >= 0.6 is 0 Å². The molecule has 0 spiro atoms. The molecule has 6 N–H and O–H groups in total. The highest BCUT2D eigenvalue weighted by Gasteiger charge is 2.31. The van der Waals surface area contributed by atoms with E-state index in [4.69, 9.17) is 11.6 Å². The molecule has 1 aliphatic carbocycles.